The fraction of sp³-hybridized carbons (Fsp3) is 0.471. The maximum Gasteiger partial charge on any atom is 0.0793 e. The highest BCUT2D eigenvalue weighted by molar-refractivity contribution is 5.78. The molecule has 2 nitrogen and oxygen atoms in total. The van der Waals surface area contributed by atoms with E-state index in [9.17, 15) is 5.11 Å². The van der Waals surface area contributed by atoms with Crippen molar-refractivity contribution in [2.75, 3.05) is 0 Å². The Bertz CT molecular complexity index is 546. The minimum Gasteiger partial charge on any atom is -0.388 e. The molecule has 0 aliphatic heterocycles. The van der Waals surface area contributed by atoms with Gasteiger partial charge in [0.15, 0.2) is 0 Å². The van der Waals surface area contributed by atoms with Crippen LogP contribution in [0.2, 0.25) is 0 Å². The van der Waals surface area contributed by atoms with Crippen molar-refractivity contribution in [2.24, 2.45) is 5.92 Å². The fourth-order valence-corrected chi connectivity index (χ4v) is 3.17. The summed E-state index contributed by atoms with van der Waals surface area (Å²) in [6.45, 7) is 0. The van der Waals surface area contributed by atoms with Crippen molar-refractivity contribution < 1.29 is 5.11 Å². The second-order valence-electron chi connectivity index (χ2n) is 5.71. The number of aliphatic hydroxyl groups excluding tert-OH is 1. The topological polar surface area (TPSA) is 33.1 Å². The van der Waals surface area contributed by atoms with Gasteiger partial charge < -0.3 is 5.11 Å². The molecular weight excluding hydrogens is 234 g/mol. The highest BCUT2D eigenvalue weighted by Crippen LogP contribution is 2.32. The van der Waals surface area contributed by atoms with Gasteiger partial charge in [-0.05, 0) is 30.0 Å². The highest BCUT2D eigenvalue weighted by Gasteiger charge is 2.18. The maximum absolute atomic E-state index is 10.4. The molecule has 1 saturated carbocycles. The number of hydrogen-bond acceptors (Lipinski definition) is 2. The molecule has 0 bridgehead atoms. The van der Waals surface area contributed by atoms with Crippen molar-refractivity contribution >= 4 is 10.9 Å². The normalized spacial score (nSPS) is 18.6. The van der Waals surface area contributed by atoms with Crippen molar-refractivity contribution in [3.63, 3.8) is 0 Å². The van der Waals surface area contributed by atoms with Crippen molar-refractivity contribution in [3.05, 3.63) is 42.1 Å². The lowest BCUT2D eigenvalue weighted by Crippen LogP contribution is -2.11. The van der Waals surface area contributed by atoms with E-state index in [1.54, 1.807) is 6.20 Å². The summed E-state index contributed by atoms with van der Waals surface area (Å²) in [5.41, 5.74) is 1.99. The SMILES string of the molecule is OC(CC1CCCCC1)c1ccc2cccnc2c1. The van der Waals surface area contributed by atoms with Crippen molar-refractivity contribution in [2.45, 2.75) is 44.6 Å². The molecule has 100 valence electrons. The van der Waals surface area contributed by atoms with E-state index in [0.717, 1.165) is 22.9 Å². The number of pyridine rings is 1. The molecule has 0 radical (unpaired) electrons. The molecule has 1 aromatic carbocycles. The van der Waals surface area contributed by atoms with Gasteiger partial charge in [0.2, 0.25) is 0 Å². The van der Waals surface area contributed by atoms with Crippen LogP contribution in [0.1, 0.15) is 50.2 Å². The number of fused-ring (bicyclic) bond motifs is 1. The molecule has 19 heavy (non-hydrogen) atoms. The number of rotatable bonds is 3. The van der Waals surface area contributed by atoms with Gasteiger partial charge in [-0.15, -0.1) is 0 Å². The van der Waals surface area contributed by atoms with Crippen LogP contribution in [0.25, 0.3) is 10.9 Å². The molecule has 2 heteroatoms. The van der Waals surface area contributed by atoms with Crippen LogP contribution in [0.4, 0.5) is 0 Å². The summed E-state index contributed by atoms with van der Waals surface area (Å²) < 4.78 is 0. The van der Waals surface area contributed by atoms with E-state index in [4.69, 9.17) is 0 Å². The minimum absolute atomic E-state index is 0.338. The Morgan fingerprint density at radius 2 is 2.00 bits per heavy atom. The van der Waals surface area contributed by atoms with Gasteiger partial charge in [-0.1, -0.05) is 50.3 Å². The van der Waals surface area contributed by atoms with Gasteiger partial charge in [-0.3, -0.25) is 4.98 Å². The maximum atomic E-state index is 10.4. The minimum atomic E-state index is -0.338. The van der Waals surface area contributed by atoms with Crippen LogP contribution in [0.15, 0.2) is 36.5 Å². The Hall–Kier alpha value is -1.41. The Morgan fingerprint density at radius 3 is 2.84 bits per heavy atom. The zero-order chi connectivity index (χ0) is 13.1. The number of benzene rings is 1. The van der Waals surface area contributed by atoms with Gasteiger partial charge in [0.25, 0.3) is 0 Å². The number of aromatic nitrogens is 1. The van der Waals surface area contributed by atoms with Gasteiger partial charge >= 0.3 is 0 Å². The Labute approximate surface area is 114 Å². The van der Waals surface area contributed by atoms with Gasteiger partial charge in [0, 0.05) is 11.6 Å². The van der Waals surface area contributed by atoms with E-state index in [1.807, 2.05) is 18.2 Å². The Morgan fingerprint density at radius 1 is 1.16 bits per heavy atom. The first kappa shape index (κ1) is 12.6. The molecule has 1 fully saturated rings. The molecule has 1 heterocycles. The third-order valence-electron chi connectivity index (χ3n) is 4.30. The fourth-order valence-electron chi connectivity index (χ4n) is 3.17. The summed E-state index contributed by atoms with van der Waals surface area (Å²) in [5, 5.41) is 11.5. The van der Waals surface area contributed by atoms with Crippen molar-refractivity contribution in [3.8, 4) is 0 Å². The zero-order valence-corrected chi connectivity index (χ0v) is 11.3. The summed E-state index contributed by atoms with van der Waals surface area (Å²) in [6, 6.07) is 10.1. The molecule has 1 atom stereocenters. The van der Waals surface area contributed by atoms with Crippen LogP contribution in [-0.4, -0.2) is 10.1 Å². The number of aliphatic hydroxyl groups is 1. The molecule has 1 unspecified atom stereocenters. The summed E-state index contributed by atoms with van der Waals surface area (Å²) in [7, 11) is 0. The molecule has 0 spiro atoms. The standard InChI is InChI=1S/C17H21NO/c19-17(11-13-5-2-1-3-6-13)15-9-8-14-7-4-10-18-16(14)12-15/h4,7-10,12-13,17,19H,1-3,5-6,11H2. The zero-order valence-electron chi connectivity index (χ0n) is 11.3. The van der Waals surface area contributed by atoms with E-state index in [1.165, 1.54) is 32.1 Å². The van der Waals surface area contributed by atoms with E-state index in [-0.39, 0.29) is 6.10 Å². The van der Waals surface area contributed by atoms with Crippen LogP contribution < -0.4 is 0 Å². The molecule has 3 rings (SSSR count). The van der Waals surface area contributed by atoms with Gasteiger partial charge in [-0.25, -0.2) is 0 Å². The molecular formula is C17H21NO. The first-order chi connectivity index (χ1) is 9.33. The molecule has 1 aliphatic rings. The molecule has 1 aliphatic carbocycles. The highest BCUT2D eigenvalue weighted by atomic mass is 16.3. The molecule has 1 N–H and O–H groups in total. The second kappa shape index (κ2) is 5.70. The summed E-state index contributed by atoms with van der Waals surface area (Å²) in [6.07, 6.45) is 8.96. The Kier molecular flexibility index (Phi) is 3.79. The van der Waals surface area contributed by atoms with Crippen molar-refractivity contribution in [1.29, 1.82) is 0 Å². The van der Waals surface area contributed by atoms with Crippen LogP contribution >= 0.6 is 0 Å². The molecule has 0 amide bonds. The first-order valence-electron chi connectivity index (χ1n) is 7.36. The monoisotopic (exact) mass is 255 g/mol. The second-order valence-corrected chi connectivity index (χ2v) is 5.71. The summed E-state index contributed by atoms with van der Waals surface area (Å²) in [4.78, 5) is 4.36. The lowest BCUT2D eigenvalue weighted by molar-refractivity contribution is 0.131. The lowest BCUT2D eigenvalue weighted by atomic mass is 9.84. The van der Waals surface area contributed by atoms with Gasteiger partial charge in [0.05, 0.1) is 11.6 Å². The molecule has 2 aromatic rings. The summed E-state index contributed by atoms with van der Waals surface area (Å²) >= 11 is 0. The third kappa shape index (κ3) is 2.95. The molecule has 1 aromatic heterocycles. The van der Waals surface area contributed by atoms with Crippen LogP contribution in [0.5, 0.6) is 0 Å². The third-order valence-corrected chi connectivity index (χ3v) is 4.30. The largest absolute Gasteiger partial charge is 0.388 e. The van der Waals surface area contributed by atoms with Crippen LogP contribution in [0.3, 0.4) is 0 Å². The van der Waals surface area contributed by atoms with E-state index >= 15 is 0 Å². The lowest BCUT2D eigenvalue weighted by Gasteiger charge is -2.24. The number of nitrogens with zero attached hydrogens (tertiary/aromatic N) is 1. The van der Waals surface area contributed by atoms with Crippen molar-refractivity contribution in [1.82, 2.24) is 4.98 Å². The smallest absolute Gasteiger partial charge is 0.0793 e. The predicted molar refractivity (Wildman–Crippen MR) is 77.9 cm³/mol. The average Bonchev–Trinajstić information content (AvgIpc) is 2.48. The quantitative estimate of drug-likeness (QED) is 0.890. The summed E-state index contributed by atoms with van der Waals surface area (Å²) in [5.74, 6) is 0.697. The molecule has 0 saturated heterocycles. The van der Waals surface area contributed by atoms with E-state index < -0.39 is 0 Å². The van der Waals surface area contributed by atoms with Crippen LogP contribution in [-0.2, 0) is 0 Å². The average molecular weight is 255 g/mol. The van der Waals surface area contributed by atoms with E-state index in [0.29, 0.717) is 5.92 Å². The first-order valence-corrected chi connectivity index (χ1v) is 7.36. The predicted octanol–water partition coefficient (Wildman–Crippen LogP) is 4.24. The van der Waals surface area contributed by atoms with Crippen LogP contribution in [0, 0.1) is 5.92 Å². The number of hydrogen-bond donors (Lipinski definition) is 1. The van der Waals surface area contributed by atoms with Gasteiger partial charge in [-0.2, -0.15) is 0 Å². The Balaban J connectivity index is 1.75. The van der Waals surface area contributed by atoms with E-state index in [2.05, 4.69) is 17.1 Å². The van der Waals surface area contributed by atoms with Gasteiger partial charge in [0.1, 0.15) is 0 Å².